The van der Waals surface area contributed by atoms with Gasteiger partial charge in [0, 0.05) is 10.2 Å². The number of halogens is 1. The van der Waals surface area contributed by atoms with Crippen LogP contribution in [0, 0.1) is 0 Å². The van der Waals surface area contributed by atoms with Gasteiger partial charge < -0.3 is 25.0 Å². The lowest BCUT2D eigenvalue weighted by molar-refractivity contribution is -0.122. The number of carbonyl (C=O) groups excluding carboxylic acids is 2. The number of hydrogen-bond donors (Lipinski definition) is 3. The molecule has 0 bridgehead atoms. The second-order valence-corrected chi connectivity index (χ2v) is 7.73. The molecular formula is C17H27BrN3O4P. The first-order valence-corrected chi connectivity index (χ1v) is 10.8. The molecule has 0 aliphatic carbocycles. The zero-order chi connectivity index (χ0) is 19.4. The van der Waals surface area contributed by atoms with Crippen molar-refractivity contribution < 1.29 is 18.6 Å². The van der Waals surface area contributed by atoms with Crippen LogP contribution in [0.15, 0.2) is 28.7 Å². The highest BCUT2D eigenvalue weighted by atomic mass is 79.9. The van der Waals surface area contributed by atoms with Gasteiger partial charge in [0.05, 0.1) is 19.5 Å². The van der Waals surface area contributed by atoms with Crippen molar-refractivity contribution in [2.45, 2.75) is 39.7 Å². The smallest absolute Gasteiger partial charge is 0.319 e. The molecule has 1 rings (SSSR count). The maximum atomic E-state index is 12.4. The van der Waals surface area contributed by atoms with E-state index in [0.717, 1.165) is 10.9 Å². The summed E-state index contributed by atoms with van der Waals surface area (Å²) in [5.41, 5.74) is 0.651. The van der Waals surface area contributed by atoms with Crippen molar-refractivity contribution in [2.24, 2.45) is 0 Å². The first-order chi connectivity index (χ1) is 12.5. The van der Waals surface area contributed by atoms with E-state index in [1.807, 2.05) is 32.9 Å². The number of benzene rings is 1. The molecule has 0 spiro atoms. The number of anilines is 1. The summed E-state index contributed by atoms with van der Waals surface area (Å²) >= 11 is 3.34. The summed E-state index contributed by atoms with van der Waals surface area (Å²) in [6.45, 7) is 6.76. The van der Waals surface area contributed by atoms with E-state index in [2.05, 4.69) is 31.9 Å². The second-order valence-electron chi connectivity index (χ2n) is 5.31. The SMILES string of the molecule is CCCC(NC(=O)Nc1ccc(Br)cc1)C(=O)NCP(OCC)OCC. The Labute approximate surface area is 164 Å². The quantitative estimate of drug-likeness (QED) is 0.443. The van der Waals surface area contributed by atoms with Crippen LogP contribution >= 0.6 is 24.3 Å². The van der Waals surface area contributed by atoms with Crippen molar-refractivity contribution in [2.75, 3.05) is 24.8 Å². The lowest BCUT2D eigenvalue weighted by Gasteiger charge is -2.20. The van der Waals surface area contributed by atoms with E-state index in [-0.39, 0.29) is 5.91 Å². The fourth-order valence-electron chi connectivity index (χ4n) is 2.10. The third-order valence-corrected chi connectivity index (χ3v) is 5.27. The molecule has 3 N–H and O–H groups in total. The van der Waals surface area contributed by atoms with Crippen LogP contribution in [0.5, 0.6) is 0 Å². The molecule has 0 aliphatic rings. The molecule has 0 heterocycles. The lowest BCUT2D eigenvalue weighted by atomic mass is 10.1. The van der Waals surface area contributed by atoms with E-state index in [4.69, 9.17) is 9.05 Å². The molecule has 0 fully saturated rings. The minimum atomic E-state index is -1.16. The lowest BCUT2D eigenvalue weighted by Crippen LogP contribution is -2.48. The standard InChI is InChI=1S/C17H27BrN3O4P/c1-4-7-15(16(22)19-12-26(24-5-2)25-6-3)21-17(23)20-14-10-8-13(18)9-11-14/h8-11,15H,4-7,12H2,1-3H3,(H,19,22)(H2,20,21,23). The minimum absolute atomic E-state index is 0.246. The molecular weight excluding hydrogens is 421 g/mol. The molecule has 3 amide bonds. The Kier molecular flexibility index (Phi) is 11.4. The average molecular weight is 448 g/mol. The van der Waals surface area contributed by atoms with Crippen LogP contribution in [-0.4, -0.2) is 37.5 Å². The fourth-order valence-corrected chi connectivity index (χ4v) is 3.48. The van der Waals surface area contributed by atoms with E-state index in [1.165, 1.54) is 0 Å². The molecule has 0 saturated carbocycles. The van der Waals surface area contributed by atoms with Crippen LogP contribution in [0.3, 0.4) is 0 Å². The van der Waals surface area contributed by atoms with Crippen LogP contribution in [0.25, 0.3) is 0 Å². The third-order valence-electron chi connectivity index (χ3n) is 3.23. The maximum Gasteiger partial charge on any atom is 0.319 e. The predicted octanol–water partition coefficient (Wildman–Crippen LogP) is 4.20. The van der Waals surface area contributed by atoms with Crippen LogP contribution in [0.1, 0.15) is 33.6 Å². The molecule has 26 heavy (non-hydrogen) atoms. The number of nitrogens with one attached hydrogen (secondary N) is 3. The first kappa shape index (κ1) is 22.8. The van der Waals surface area contributed by atoms with E-state index < -0.39 is 20.4 Å². The van der Waals surface area contributed by atoms with Gasteiger partial charge in [-0.25, -0.2) is 4.79 Å². The normalized spacial score (nSPS) is 11.9. The van der Waals surface area contributed by atoms with E-state index >= 15 is 0 Å². The van der Waals surface area contributed by atoms with Gasteiger partial charge in [0.15, 0.2) is 8.38 Å². The van der Waals surface area contributed by atoms with Gasteiger partial charge in [-0.2, -0.15) is 0 Å². The van der Waals surface area contributed by atoms with Crippen molar-refractivity contribution in [1.29, 1.82) is 0 Å². The van der Waals surface area contributed by atoms with Crippen LogP contribution in [-0.2, 0) is 13.8 Å². The number of amides is 3. The Bertz CT molecular complexity index is 553. The highest BCUT2D eigenvalue weighted by molar-refractivity contribution is 9.10. The predicted molar refractivity (Wildman–Crippen MR) is 108 cm³/mol. The fraction of sp³-hybridized carbons (Fsp3) is 0.529. The zero-order valence-corrected chi connectivity index (χ0v) is 17.9. The largest absolute Gasteiger partial charge is 0.346 e. The van der Waals surface area contributed by atoms with Crippen molar-refractivity contribution in [3.8, 4) is 0 Å². The summed E-state index contributed by atoms with van der Waals surface area (Å²) in [6, 6.07) is 6.17. The van der Waals surface area contributed by atoms with E-state index in [9.17, 15) is 9.59 Å². The summed E-state index contributed by atoms with van der Waals surface area (Å²) in [7, 11) is -1.16. The van der Waals surface area contributed by atoms with Crippen LogP contribution < -0.4 is 16.0 Å². The third kappa shape index (κ3) is 8.94. The number of carbonyl (C=O) groups is 2. The molecule has 0 saturated heterocycles. The molecule has 9 heteroatoms. The molecule has 0 aliphatic heterocycles. The highest BCUT2D eigenvalue weighted by Crippen LogP contribution is 2.36. The van der Waals surface area contributed by atoms with Crippen molar-refractivity contribution in [3.63, 3.8) is 0 Å². The van der Waals surface area contributed by atoms with Crippen LogP contribution in [0.2, 0.25) is 0 Å². The summed E-state index contributed by atoms with van der Waals surface area (Å²) in [4.78, 5) is 24.6. The first-order valence-electron chi connectivity index (χ1n) is 8.64. The van der Waals surface area contributed by atoms with Gasteiger partial charge in [-0.3, -0.25) is 4.79 Å². The number of rotatable bonds is 11. The molecule has 1 aromatic rings. The van der Waals surface area contributed by atoms with Gasteiger partial charge >= 0.3 is 6.03 Å². The molecule has 1 unspecified atom stereocenters. The van der Waals surface area contributed by atoms with Gasteiger partial charge in [-0.05, 0) is 44.5 Å². The summed E-state index contributed by atoms with van der Waals surface area (Å²) in [5, 5.41) is 8.25. The van der Waals surface area contributed by atoms with E-state index in [0.29, 0.717) is 31.6 Å². The molecule has 1 aromatic carbocycles. The Morgan fingerprint density at radius 2 is 1.73 bits per heavy atom. The van der Waals surface area contributed by atoms with Gasteiger partial charge in [0.1, 0.15) is 6.04 Å². The Hall–Kier alpha value is -1.21. The Balaban J connectivity index is 2.55. The number of hydrogen-bond acceptors (Lipinski definition) is 4. The molecule has 146 valence electrons. The Morgan fingerprint density at radius 3 is 2.27 bits per heavy atom. The van der Waals surface area contributed by atoms with Crippen molar-refractivity contribution in [1.82, 2.24) is 10.6 Å². The molecule has 7 nitrogen and oxygen atoms in total. The molecule has 0 aromatic heterocycles. The molecule has 0 radical (unpaired) electrons. The zero-order valence-electron chi connectivity index (χ0n) is 15.4. The topological polar surface area (TPSA) is 88.7 Å². The minimum Gasteiger partial charge on any atom is -0.346 e. The Morgan fingerprint density at radius 1 is 1.12 bits per heavy atom. The molecule has 1 atom stereocenters. The number of urea groups is 1. The maximum absolute atomic E-state index is 12.4. The van der Waals surface area contributed by atoms with Crippen molar-refractivity contribution >= 4 is 41.9 Å². The summed E-state index contributed by atoms with van der Waals surface area (Å²) < 4.78 is 11.9. The summed E-state index contributed by atoms with van der Waals surface area (Å²) in [6.07, 6.45) is 1.61. The van der Waals surface area contributed by atoms with Gasteiger partial charge in [-0.15, -0.1) is 0 Å². The summed E-state index contributed by atoms with van der Waals surface area (Å²) in [5.74, 6) is -0.246. The average Bonchev–Trinajstić information content (AvgIpc) is 2.61. The van der Waals surface area contributed by atoms with Gasteiger partial charge in [-0.1, -0.05) is 29.3 Å². The second kappa shape index (κ2) is 13.0. The highest BCUT2D eigenvalue weighted by Gasteiger charge is 2.21. The monoisotopic (exact) mass is 447 g/mol. The van der Waals surface area contributed by atoms with E-state index in [1.54, 1.807) is 12.1 Å². The van der Waals surface area contributed by atoms with Gasteiger partial charge in [0.25, 0.3) is 0 Å². The van der Waals surface area contributed by atoms with Crippen LogP contribution in [0.4, 0.5) is 10.5 Å². The van der Waals surface area contributed by atoms with Gasteiger partial charge in [0.2, 0.25) is 5.91 Å². The van der Waals surface area contributed by atoms with Crippen molar-refractivity contribution in [3.05, 3.63) is 28.7 Å².